The Hall–Kier alpha value is -0.920. The molecule has 7 heteroatoms. The van der Waals surface area contributed by atoms with Crippen LogP contribution in [-0.2, 0) is 23.8 Å². The van der Waals surface area contributed by atoms with Crippen LogP contribution in [0.25, 0.3) is 0 Å². The molecule has 0 aliphatic carbocycles. The molecule has 118 valence electrons. The second-order valence-corrected chi connectivity index (χ2v) is 8.23. The van der Waals surface area contributed by atoms with E-state index in [9.17, 15) is 13.2 Å². The molecule has 0 spiro atoms. The fourth-order valence-corrected chi connectivity index (χ4v) is 2.55. The molecule has 0 heterocycles. The molecular formula is C14H19BrO5S. The number of benzene rings is 1. The Morgan fingerprint density at radius 3 is 2.33 bits per heavy atom. The first-order valence-corrected chi connectivity index (χ1v) is 8.87. The lowest BCUT2D eigenvalue weighted by atomic mass is 10.0. The van der Waals surface area contributed by atoms with Gasteiger partial charge in [0.25, 0.3) is 10.1 Å². The highest BCUT2D eigenvalue weighted by Crippen LogP contribution is 2.28. The summed E-state index contributed by atoms with van der Waals surface area (Å²) in [6.07, 6.45) is -0.422. The van der Waals surface area contributed by atoms with Crippen molar-refractivity contribution in [1.29, 1.82) is 0 Å². The highest BCUT2D eigenvalue weighted by molar-refractivity contribution is 9.10. The smallest absolute Gasteiger partial charge is 0.342 e. The Kier molecular flexibility index (Phi) is 5.57. The molecule has 0 bridgehead atoms. The molecule has 1 unspecified atom stereocenters. The third-order valence-corrected chi connectivity index (χ3v) is 3.45. The number of hydrogen-bond donors (Lipinski definition) is 0. The Bertz CT molecular complexity index is 631. The number of ether oxygens (including phenoxy) is 1. The van der Waals surface area contributed by atoms with Gasteiger partial charge in [0.05, 0.1) is 6.26 Å². The summed E-state index contributed by atoms with van der Waals surface area (Å²) >= 11 is 3.30. The van der Waals surface area contributed by atoms with Gasteiger partial charge < -0.3 is 4.74 Å². The summed E-state index contributed by atoms with van der Waals surface area (Å²) < 4.78 is 33.8. The van der Waals surface area contributed by atoms with E-state index in [1.165, 1.54) is 0 Å². The summed E-state index contributed by atoms with van der Waals surface area (Å²) in [6, 6.07) is 5.21. The van der Waals surface area contributed by atoms with Crippen LogP contribution in [0.5, 0.6) is 0 Å². The van der Waals surface area contributed by atoms with Crippen LogP contribution in [-0.4, -0.2) is 26.2 Å². The molecule has 0 aromatic heterocycles. The van der Waals surface area contributed by atoms with E-state index in [0.717, 1.165) is 11.8 Å². The minimum Gasteiger partial charge on any atom is -0.458 e. The molecule has 0 amide bonds. The van der Waals surface area contributed by atoms with E-state index in [-0.39, 0.29) is 0 Å². The van der Waals surface area contributed by atoms with Crippen molar-refractivity contribution in [3.05, 3.63) is 33.8 Å². The Morgan fingerprint density at radius 1 is 1.29 bits per heavy atom. The van der Waals surface area contributed by atoms with Gasteiger partial charge in [-0.05, 0) is 51.0 Å². The highest BCUT2D eigenvalue weighted by Gasteiger charge is 2.31. The fourth-order valence-electron chi connectivity index (χ4n) is 1.64. The number of hydrogen-bond acceptors (Lipinski definition) is 5. The van der Waals surface area contributed by atoms with Gasteiger partial charge in [0, 0.05) is 4.47 Å². The molecule has 1 rings (SSSR count). The van der Waals surface area contributed by atoms with Crippen LogP contribution in [0.1, 0.15) is 38.0 Å². The summed E-state index contributed by atoms with van der Waals surface area (Å²) in [7, 11) is -3.82. The Morgan fingerprint density at radius 2 is 1.86 bits per heavy atom. The van der Waals surface area contributed by atoms with Crippen LogP contribution in [0.4, 0.5) is 0 Å². The van der Waals surface area contributed by atoms with Gasteiger partial charge in [-0.25, -0.2) is 4.79 Å². The van der Waals surface area contributed by atoms with Gasteiger partial charge in [0.15, 0.2) is 6.10 Å². The predicted octanol–water partition coefficient (Wildman–Crippen LogP) is 3.12. The first-order valence-electron chi connectivity index (χ1n) is 6.26. The summed E-state index contributed by atoms with van der Waals surface area (Å²) in [5.41, 5.74) is 0.442. The van der Waals surface area contributed by atoms with Crippen LogP contribution >= 0.6 is 15.9 Å². The van der Waals surface area contributed by atoms with Gasteiger partial charge in [-0.1, -0.05) is 22.0 Å². The number of aryl methyl sites for hydroxylation is 1. The number of carbonyl (C=O) groups excluding carboxylic acids is 1. The second-order valence-electron chi connectivity index (χ2n) is 5.71. The van der Waals surface area contributed by atoms with E-state index in [1.54, 1.807) is 45.9 Å². The van der Waals surface area contributed by atoms with Gasteiger partial charge in [0.1, 0.15) is 5.60 Å². The van der Waals surface area contributed by atoms with Crippen LogP contribution in [0.15, 0.2) is 22.7 Å². The largest absolute Gasteiger partial charge is 0.458 e. The van der Waals surface area contributed by atoms with Crippen LogP contribution in [0.2, 0.25) is 0 Å². The van der Waals surface area contributed by atoms with Crippen LogP contribution in [0.3, 0.4) is 0 Å². The second kappa shape index (κ2) is 6.46. The van der Waals surface area contributed by atoms with E-state index < -0.39 is 27.8 Å². The molecule has 21 heavy (non-hydrogen) atoms. The molecule has 1 aromatic carbocycles. The summed E-state index contributed by atoms with van der Waals surface area (Å²) in [6.45, 7) is 6.88. The van der Waals surface area contributed by atoms with E-state index in [2.05, 4.69) is 15.9 Å². The maximum atomic E-state index is 12.3. The van der Waals surface area contributed by atoms with Crippen molar-refractivity contribution in [1.82, 2.24) is 0 Å². The number of carbonyl (C=O) groups is 1. The number of rotatable bonds is 4. The molecule has 0 saturated heterocycles. The molecule has 1 atom stereocenters. The molecule has 5 nitrogen and oxygen atoms in total. The summed E-state index contributed by atoms with van der Waals surface area (Å²) in [5, 5.41) is 0. The molecule has 0 fully saturated rings. The average molecular weight is 379 g/mol. The van der Waals surface area contributed by atoms with Crippen molar-refractivity contribution in [2.75, 3.05) is 6.26 Å². The third kappa shape index (κ3) is 6.15. The van der Waals surface area contributed by atoms with E-state index in [4.69, 9.17) is 8.92 Å². The monoisotopic (exact) mass is 378 g/mol. The lowest BCUT2D eigenvalue weighted by Gasteiger charge is -2.24. The molecule has 0 radical (unpaired) electrons. The molecule has 1 aromatic rings. The highest BCUT2D eigenvalue weighted by atomic mass is 79.9. The summed E-state index contributed by atoms with van der Waals surface area (Å²) in [5.74, 6) is -0.742. The standard InChI is InChI=1S/C14H19BrO5S/c1-9-6-7-10(15)8-11(9)12(20-21(5,17)18)13(16)19-14(2,3)4/h6-8,12H,1-5H3. The van der Waals surface area contributed by atoms with Crippen molar-refractivity contribution in [3.8, 4) is 0 Å². The zero-order valence-electron chi connectivity index (χ0n) is 12.6. The van der Waals surface area contributed by atoms with Gasteiger partial charge in [-0.15, -0.1) is 0 Å². The molecule has 0 N–H and O–H groups in total. The third-order valence-electron chi connectivity index (χ3n) is 2.42. The molecule has 0 aliphatic heterocycles. The lowest BCUT2D eigenvalue weighted by Crippen LogP contribution is -2.30. The lowest BCUT2D eigenvalue weighted by molar-refractivity contribution is -0.163. The normalized spacial score (nSPS) is 13.8. The predicted molar refractivity (Wildman–Crippen MR) is 83.4 cm³/mol. The topological polar surface area (TPSA) is 69.7 Å². The SMILES string of the molecule is Cc1ccc(Br)cc1C(OS(C)(=O)=O)C(=O)OC(C)(C)C. The van der Waals surface area contributed by atoms with Crippen molar-refractivity contribution >= 4 is 32.0 Å². The molecular weight excluding hydrogens is 360 g/mol. The minimum atomic E-state index is -3.82. The van der Waals surface area contributed by atoms with Gasteiger partial charge >= 0.3 is 5.97 Å². The summed E-state index contributed by atoms with van der Waals surface area (Å²) in [4.78, 5) is 12.3. The van der Waals surface area contributed by atoms with Crippen LogP contribution in [0, 0.1) is 6.92 Å². The Labute approximate surface area is 133 Å². The van der Waals surface area contributed by atoms with Crippen molar-refractivity contribution < 1.29 is 22.1 Å². The maximum absolute atomic E-state index is 12.3. The number of esters is 1. The van der Waals surface area contributed by atoms with Gasteiger partial charge in [0.2, 0.25) is 0 Å². The van der Waals surface area contributed by atoms with Crippen LogP contribution < -0.4 is 0 Å². The van der Waals surface area contributed by atoms with Gasteiger partial charge in [-0.3, -0.25) is 4.18 Å². The van der Waals surface area contributed by atoms with E-state index in [0.29, 0.717) is 10.0 Å². The quantitative estimate of drug-likeness (QED) is 0.594. The first kappa shape index (κ1) is 18.1. The van der Waals surface area contributed by atoms with Crippen molar-refractivity contribution in [2.24, 2.45) is 0 Å². The zero-order chi connectivity index (χ0) is 16.4. The minimum absolute atomic E-state index is 0.448. The fraction of sp³-hybridized carbons (Fsp3) is 0.500. The van der Waals surface area contributed by atoms with Crippen molar-refractivity contribution in [2.45, 2.75) is 39.4 Å². The van der Waals surface area contributed by atoms with Gasteiger partial charge in [-0.2, -0.15) is 8.42 Å². The maximum Gasteiger partial charge on any atom is 0.342 e. The average Bonchev–Trinajstić information content (AvgIpc) is 2.26. The van der Waals surface area contributed by atoms with E-state index in [1.807, 2.05) is 0 Å². The number of halogens is 1. The molecule has 0 aliphatic rings. The Balaban J connectivity index is 3.25. The first-order chi connectivity index (χ1) is 9.39. The van der Waals surface area contributed by atoms with Crippen molar-refractivity contribution in [3.63, 3.8) is 0 Å². The molecule has 0 saturated carbocycles. The van der Waals surface area contributed by atoms with E-state index >= 15 is 0 Å². The zero-order valence-corrected chi connectivity index (χ0v) is 15.0.